The van der Waals surface area contributed by atoms with Crippen molar-refractivity contribution in [2.24, 2.45) is 11.8 Å². The van der Waals surface area contributed by atoms with Crippen molar-refractivity contribution in [3.63, 3.8) is 0 Å². The predicted octanol–water partition coefficient (Wildman–Crippen LogP) is 2.06. The molecule has 1 atom stereocenters. The number of nitrogens with two attached hydrogens (primary N) is 1. The van der Waals surface area contributed by atoms with Gasteiger partial charge in [0, 0.05) is 29.1 Å². The van der Waals surface area contributed by atoms with Gasteiger partial charge in [0.25, 0.3) is 0 Å². The molecule has 1 aromatic carbocycles. The molecule has 1 aliphatic rings. The molecule has 0 saturated carbocycles. The minimum atomic E-state index is -0.0410. The van der Waals surface area contributed by atoms with E-state index in [-0.39, 0.29) is 11.8 Å². The summed E-state index contributed by atoms with van der Waals surface area (Å²) in [6.45, 7) is 5.27. The zero-order chi connectivity index (χ0) is 14.3. The number of amides is 1. The van der Waals surface area contributed by atoms with Crippen LogP contribution in [0.3, 0.4) is 0 Å². The van der Waals surface area contributed by atoms with Crippen LogP contribution in [0.1, 0.15) is 30.2 Å². The van der Waals surface area contributed by atoms with E-state index in [1.807, 2.05) is 0 Å². The average molecular weight is 271 g/mol. The molecule has 1 heterocycles. The summed E-state index contributed by atoms with van der Waals surface area (Å²) in [5.74, 6) is 5.25. The molecule has 4 nitrogen and oxygen atoms in total. The lowest BCUT2D eigenvalue weighted by atomic mass is 9.85. The van der Waals surface area contributed by atoms with E-state index in [0.29, 0.717) is 0 Å². The fourth-order valence-electron chi connectivity index (χ4n) is 3.47. The third-order valence-corrected chi connectivity index (χ3v) is 4.45. The Morgan fingerprint density at radius 3 is 3.00 bits per heavy atom. The van der Waals surface area contributed by atoms with E-state index in [0.717, 1.165) is 25.8 Å². The molecule has 3 rings (SSSR count). The van der Waals surface area contributed by atoms with Crippen LogP contribution in [0.15, 0.2) is 18.2 Å². The van der Waals surface area contributed by atoms with Gasteiger partial charge in [0.1, 0.15) is 0 Å². The molecule has 2 aromatic rings. The van der Waals surface area contributed by atoms with Crippen molar-refractivity contribution in [2.45, 2.75) is 39.7 Å². The van der Waals surface area contributed by atoms with E-state index in [1.165, 1.54) is 27.7 Å². The lowest BCUT2D eigenvalue weighted by Crippen LogP contribution is -2.38. The highest BCUT2D eigenvalue weighted by molar-refractivity contribution is 5.88. The Morgan fingerprint density at radius 1 is 1.50 bits per heavy atom. The molecule has 1 unspecified atom stereocenters. The second-order valence-corrected chi connectivity index (χ2v) is 5.64. The van der Waals surface area contributed by atoms with Gasteiger partial charge in [-0.15, -0.1) is 0 Å². The van der Waals surface area contributed by atoms with Crippen LogP contribution in [0.2, 0.25) is 0 Å². The van der Waals surface area contributed by atoms with Crippen molar-refractivity contribution in [3.8, 4) is 0 Å². The first-order valence-corrected chi connectivity index (χ1v) is 7.26. The Balaban J connectivity index is 2.14. The van der Waals surface area contributed by atoms with Crippen LogP contribution in [0.5, 0.6) is 0 Å². The van der Waals surface area contributed by atoms with Crippen LogP contribution < -0.4 is 11.3 Å². The standard InChI is InChI=1S/C16H21N3O/c1-3-19-14-6-4-10(2)8-12(14)13-9-11(16(20)18-17)5-7-15(13)19/h4,6,8,11H,3,5,7,9,17H2,1-2H3,(H,18,20). The first-order chi connectivity index (χ1) is 9.65. The van der Waals surface area contributed by atoms with Gasteiger partial charge in [-0.3, -0.25) is 10.2 Å². The van der Waals surface area contributed by atoms with Gasteiger partial charge in [-0.25, -0.2) is 5.84 Å². The molecule has 1 aliphatic carbocycles. The lowest BCUT2D eigenvalue weighted by molar-refractivity contribution is -0.125. The molecule has 1 amide bonds. The second-order valence-electron chi connectivity index (χ2n) is 5.64. The van der Waals surface area contributed by atoms with E-state index in [1.54, 1.807) is 0 Å². The van der Waals surface area contributed by atoms with Crippen molar-refractivity contribution in [1.29, 1.82) is 0 Å². The highest BCUT2D eigenvalue weighted by atomic mass is 16.2. The number of hydrogen-bond donors (Lipinski definition) is 2. The average Bonchev–Trinajstić information content (AvgIpc) is 2.78. The molecule has 0 aliphatic heterocycles. The van der Waals surface area contributed by atoms with Gasteiger partial charge in [0.05, 0.1) is 0 Å². The topological polar surface area (TPSA) is 60.0 Å². The molecule has 0 bridgehead atoms. The number of carbonyl (C=O) groups is 1. The fraction of sp³-hybridized carbons (Fsp3) is 0.438. The highest BCUT2D eigenvalue weighted by Crippen LogP contribution is 2.34. The third-order valence-electron chi connectivity index (χ3n) is 4.45. The Kier molecular flexibility index (Phi) is 3.26. The van der Waals surface area contributed by atoms with E-state index in [9.17, 15) is 4.79 Å². The molecule has 0 saturated heterocycles. The number of nitrogens with zero attached hydrogens (tertiary/aromatic N) is 1. The van der Waals surface area contributed by atoms with Gasteiger partial charge in [-0.1, -0.05) is 11.6 Å². The maximum absolute atomic E-state index is 11.8. The molecule has 0 fully saturated rings. The summed E-state index contributed by atoms with van der Waals surface area (Å²) in [5.41, 5.74) is 7.59. The summed E-state index contributed by atoms with van der Waals surface area (Å²) >= 11 is 0. The summed E-state index contributed by atoms with van der Waals surface area (Å²) < 4.78 is 2.39. The number of hydrogen-bond acceptors (Lipinski definition) is 2. The van der Waals surface area contributed by atoms with Gasteiger partial charge >= 0.3 is 0 Å². The Hall–Kier alpha value is -1.81. The molecule has 4 heteroatoms. The van der Waals surface area contributed by atoms with Crippen LogP contribution >= 0.6 is 0 Å². The van der Waals surface area contributed by atoms with Crippen LogP contribution in [0.4, 0.5) is 0 Å². The van der Waals surface area contributed by atoms with E-state index < -0.39 is 0 Å². The monoisotopic (exact) mass is 271 g/mol. The number of aromatic nitrogens is 1. The number of nitrogens with one attached hydrogen (secondary N) is 1. The fourth-order valence-corrected chi connectivity index (χ4v) is 3.47. The van der Waals surface area contributed by atoms with E-state index >= 15 is 0 Å². The molecule has 106 valence electrons. The zero-order valence-corrected chi connectivity index (χ0v) is 12.1. The Morgan fingerprint density at radius 2 is 2.30 bits per heavy atom. The summed E-state index contributed by atoms with van der Waals surface area (Å²) in [4.78, 5) is 11.8. The number of aryl methyl sites for hydroxylation is 2. The summed E-state index contributed by atoms with van der Waals surface area (Å²) in [6.07, 6.45) is 2.63. The van der Waals surface area contributed by atoms with Crippen molar-refractivity contribution >= 4 is 16.8 Å². The highest BCUT2D eigenvalue weighted by Gasteiger charge is 2.28. The van der Waals surface area contributed by atoms with Crippen molar-refractivity contribution in [2.75, 3.05) is 0 Å². The molecule has 0 radical (unpaired) electrons. The van der Waals surface area contributed by atoms with E-state index in [4.69, 9.17) is 5.84 Å². The van der Waals surface area contributed by atoms with Crippen LogP contribution in [-0.2, 0) is 24.2 Å². The van der Waals surface area contributed by atoms with Crippen LogP contribution in [-0.4, -0.2) is 10.5 Å². The Bertz CT molecular complexity index is 672. The van der Waals surface area contributed by atoms with Crippen LogP contribution in [0, 0.1) is 12.8 Å². The summed E-state index contributed by atoms with van der Waals surface area (Å²) in [6, 6.07) is 6.59. The van der Waals surface area contributed by atoms with Gasteiger partial charge in [-0.2, -0.15) is 0 Å². The molecule has 3 N–H and O–H groups in total. The molecular weight excluding hydrogens is 250 g/mol. The number of carbonyl (C=O) groups excluding carboxylic acids is 1. The van der Waals surface area contributed by atoms with E-state index in [2.05, 4.69) is 42.0 Å². The predicted molar refractivity (Wildman–Crippen MR) is 80.2 cm³/mol. The molecular formula is C16H21N3O. The molecule has 1 aromatic heterocycles. The number of fused-ring (bicyclic) bond motifs is 3. The van der Waals surface area contributed by atoms with Crippen molar-refractivity contribution in [3.05, 3.63) is 35.0 Å². The summed E-state index contributed by atoms with van der Waals surface area (Å²) in [5, 5.41) is 1.30. The number of rotatable bonds is 2. The van der Waals surface area contributed by atoms with Gasteiger partial charge in [0.2, 0.25) is 5.91 Å². The van der Waals surface area contributed by atoms with Gasteiger partial charge in [0.15, 0.2) is 0 Å². The Labute approximate surface area is 118 Å². The lowest BCUT2D eigenvalue weighted by Gasteiger charge is -2.22. The minimum Gasteiger partial charge on any atom is -0.345 e. The first kappa shape index (κ1) is 13.2. The summed E-state index contributed by atoms with van der Waals surface area (Å²) in [7, 11) is 0. The van der Waals surface area contributed by atoms with Gasteiger partial charge < -0.3 is 4.57 Å². The molecule has 20 heavy (non-hydrogen) atoms. The minimum absolute atomic E-state index is 0.00363. The van der Waals surface area contributed by atoms with Crippen molar-refractivity contribution < 1.29 is 4.79 Å². The normalized spacial score (nSPS) is 18.1. The largest absolute Gasteiger partial charge is 0.345 e. The SMILES string of the molecule is CCn1c2c(c3cc(C)ccc31)CC(C(=O)NN)CC2. The zero-order valence-electron chi connectivity index (χ0n) is 12.1. The molecule has 0 spiro atoms. The number of benzene rings is 1. The van der Waals surface area contributed by atoms with Gasteiger partial charge in [-0.05, 0) is 50.8 Å². The third kappa shape index (κ3) is 1.91. The quantitative estimate of drug-likeness (QED) is 0.499. The first-order valence-electron chi connectivity index (χ1n) is 7.26. The maximum Gasteiger partial charge on any atom is 0.237 e. The second kappa shape index (κ2) is 4.94. The van der Waals surface area contributed by atoms with Crippen molar-refractivity contribution in [1.82, 2.24) is 9.99 Å². The maximum atomic E-state index is 11.8. The smallest absolute Gasteiger partial charge is 0.237 e. The van der Waals surface area contributed by atoms with Crippen LogP contribution in [0.25, 0.3) is 10.9 Å². The number of hydrazine groups is 1.